The van der Waals surface area contributed by atoms with Crippen molar-refractivity contribution in [3.8, 4) is 5.75 Å². The molecule has 0 bridgehead atoms. The number of rotatable bonds is 9. The number of benzene rings is 1. The minimum absolute atomic E-state index is 1.37. The minimum atomic E-state index is -2.33. The molecule has 1 aliphatic heterocycles. The van der Waals surface area contributed by atoms with E-state index in [0.29, 0.717) is 0 Å². The molecule has 0 atom stereocenters. The maximum absolute atomic E-state index is 12.1. The fourth-order valence-electron chi connectivity index (χ4n) is 3.71. The van der Waals surface area contributed by atoms with E-state index in [2.05, 4.69) is 14.0 Å². The zero-order chi connectivity index (χ0) is 21.9. The molecule has 1 aliphatic rings. The third kappa shape index (κ3) is 8.49. The Morgan fingerprint density at radius 2 is 1.07 bits per heavy atom. The lowest BCUT2D eigenvalue weighted by Gasteiger charge is -2.37. The van der Waals surface area contributed by atoms with Gasteiger partial charge < -0.3 is 9.59 Å². The molecule has 0 amide bonds. The van der Waals surface area contributed by atoms with Crippen LogP contribution in [0.15, 0.2) is 0 Å². The predicted molar refractivity (Wildman–Crippen MR) is 103 cm³/mol. The van der Waals surface area contributed by atoms with Gasteiger partial charge >= 0.3 is 0 Å². The maximum atomic E-state index is 12.1. The van der Waals surface area contributed by atoms with Crippen LogP contribution in [0, 0.1) is 29.1 Å². The van der Waals surface area contributed by atoms with Gasteiger partial charge in [0.25, 0.3) is 0 Å². The molecule has 1 aromatic rings. The zero-order valence-corrected chi connectivity index (χ0v) is 17.6. The van der Waals surface area contributed by atoms with Gasteiger partial charge in [-0.1, -0.05) is 45.4 Å². The molecule has 0 spiro atoms. The van der Waals surface area contributed by atoms with Crippen molar-refractivity contribution < 1.29 is 31.5 Å². The van der Waals surface area contributed by atoms with Crippen LogP contribution in [0.25, 0.3) is 0 Å². The average Bonchev–Trinajstić information content (AvgIpc) is 2.72. The van der Waals surface area contributed by atoms with E-state index in [1.165, 1.54) is 94.7 Å². The summed E-state index contributed by atoms with van der Waals surface area (Å²) in [6.07, 6.45) is 16.0. The molecule has 2 rings (SSSR count). The van der Waals surface area contributed by atoms with Crippen molar-refractivity contribution in [2.75, 3.05) is 26.7 Å². The fourth-order valence-corrected chi connectivity index (χ4v) is 3.71. The van der Waals surface area contributed by atoms with E-state index in [1.54, 1.807) is 0 Å². The van der Waals surface area contributed by atoms with Crippen molar-refractivity contribution in [1.82, 2.24) is 0 Å². The van der Waals surface area contributed by atoms with Crippen LogP contribution in [-0.2, 0) is 0 Å². The van der Waals surface area contributed by atoms with E-state index in [1.807, 2.05) is 0 Å². The lowest BCUT2D eigenvalue weighted by atomic mass is 10.1. The smallest absolute Gasteiger partial charge is 0.200 e. The number of likely N-dealkylation sites (tertiary alicyclic amines) is 1. The third-order valence-electron chi connectivity index (χ3n) is 5.62. The molecule has 1 heterocycles. The Morgan fingerprint density at radius 1 is 0.655 bits per heavy atom. The normalized spacial score (nSPS) is 15.7. The van der Waals surface area contributed by atoms with Crippen LogP contribution < -0.4 is 5.11 Å². The van der Waals surface area contributed by atoms with Crippen molar-refractivity contribution in [1.29, 1.82) is 0 Å². The number of unbranched alkanes of at least 4 members (excludes halogenated alkanes) is 7. The second kappa shape index (κ2) is 13.0. The Hall–Kier alpha value is -1.37. The number of nitrogens with zero attached hydrogens (tertiary/aromatic N) is 1. The first-order chi connectivity index (χ1) is 13.7. The summed E-state index contributed by atoms with van der Waals surface area (Å²) in [5.41, 5.74) is 0. The highest BCUT2D eigenvalue weighted by atomic mass is 19.2. The van der Waals surface area contributed by atoms with Gasteiger partial charge in [-0.3, -0.25) is 0 Å². The first-order valence-electron chi connectivity index (χ1n) is 10.8. The van der Waals surface area contributed by atoms with Gasteiger partial charge in [0.1, 0.15) is 0 Å². The Labute approximate surface area is 171 Å². The van der Waals surface area contributed by atoms with Crippen LogP contribution in [0.5, 0.6) is 5.75 Å². The topological polar surface area (TPSA) is 23.1 Å². The summed E-state index contributed by atoms with van der Waals surface area (Å²) in [5.74, 6) is -13.6. The van der Waals surface area contributed by atoms with E-state index in [0.717, 1.165) is 0 Å². The number of hydrogen-bond acceptors (Lipinski definition) is 1. The SMILES string of the molecule is CCCCCCCCCC[N+]1(C)CCCCC1.[O-]c1c(F)c(F)c(F)c(F)c1F. The van der Waals surface area contributed by atoms with Gasteiger partial charge in [-0.25, -0.2) is 22.0 Å². The van der Waals surface area contributed by atoms with Gasteiger partial charge in [-0.15, -0.1) is 0 Å². The Morgan fingerprint density at radius 3 is 1.55 bits per heavy atom. The quantitative estimate of drug-likeness (QED) is 0.152. The number of quaternary nitrogens is 1. The van der Waals surface area contributed by atoms with Crippen LogP contribution in [0.1, 0.15) is 77.6 Å². The summed E-state index contributed by atoms with van der Waals surface area (Å²) in [5, 5.41) is 10.2. The van der Waals surface area contributed by atoms with Gasteiger partial charge in [0.15, 0.2) is 29.1 Å². The number of halogens is 5. The maximum Gasteiger partial charge on any atom is 0.200 e. The van der Waals surface area contributed by atoms with E-state index in [-0.39, 0.29) is 0 Å². The van der Waals surface area contributed by atoms with Crippen LogP contribution in [-0.4, -0.2) is 31.2 Å². The van der Waals surface area contributed by atoms with Crippen LogP contribution in [0.4, 0.5) is 22.0 Å². The molecule has 0 unspecified atom stereocenters. The highest BCUT2D eigenvalue weighted by Crippen LogP contribution is 2.25. The van der Waals surface area contributed by atoms with Gasteiger partial charge in [0.2, 0.25) is 0 Å². The summed E-state index contributed by atoms with van der Waals surface area (Å²) < 4.78 is 61.8. The second-order valence-corrected chi connectivity index (χ2v) is 8.22. The number of piperidine rings is 1. The molecular weight excluding hydrogens is 389 g/mol. The molecule has 7 heteroatoms. The van der Waals surface area contributed by atoms with Crippen molar-refractivity contribution in [2.45, 2.75) is 77.6 Å². The van der Waals surface area contributed by atoms with Crippen LogP contribution in [0.3, 0.4) is 0 Å². The van der Waals surface area contributed by atoms with Gasteiger partial charge in [0.05, 0.1) is 26.7 Å². The zero-order valence-electron chi connectivity index (χ0n) is 17.6. The molecule has 168 valence electrons. The Bertz CT molecular complexity index is 513. The lowest BCUT2D eigenvalue weighted by molar-refractivity contribution is -0.914. The lowest BCUT2D eigenvalue weighted by Crippen LogP contribution is -2.48. The third-order valence-corrected chi connectivity index (χ3v) is 5.62. The molecule has 2 nitrogen and oxygen atoms in total. The molecule has 0 radical (unpaired) electrons. The van der Waals surface area contributed by atoms with Gasteiger partial charge in [-0.05, 0) is 37.9 Å². The average molecular weight is 424 g/mol. The summed E-state index contributed by atoms with van der Waals surface area (Å²) in [7, 11) is 2.47. The molecule has 0 aliphatic carbocycles. The highest BCUT2D eigenvalue weighted by molar-refractivity contribution is 5.26. The molecule has 29 heavy (non-hydrogen) atoms. The fraction of sp³-hybridized carbons (Fsp3) is 0.727. The first kappa shape index (κ1) is 25.7. The number of hydrogen-bond donors (Lipinski definition) is 0. The van der Waals surface area contributed by atoms with E-state index in [4.69, 9.17) is 0 Å². The summed E-state index contributed by atoms with van der Waals surface area (Å²) in [4.78, 5) is 0. The Kier molecular flexibility index (Phi) is 11.5. The molecular formula is C22H34F5NO. The Balaban J connectivity index is 0.000000308. The summed E-state index contributed by atoms with van der Waals surface area (Å²) in [6.45, 7) is 6.62. The highest BCUT2D eigenvalue weighted by Gasteiger charge is 2.23. The van der Waals surface area contributed by atoms with E-state index < -0.39 is 34.8 Å². The van der Waals surface area contributed by atoms with Crippen LogP contribution >= 0.6 is 0 Å². The van der Waals surface area contributed by atoms with E-state index >= 15 is 0 Å². The van der Waals surface area contributed by atoms with Crippen molar-refractivity contribution in [3.05, 3.63) is 29.1 Å². The first-order valence-corrected chi connectivity index (χ1v) is 10.8. The standard InChI is InChI=1S/C16H34N.C6HF5O/c1-3-4-5-6-7-8-9-11-14-17(2)15-12-10-13-16-17;7-1-2(8)4(10)6(12)5(11)3(1)9/h3-16H2,1-2H3;12H/q+1;/p-1. The monoisotopic (exact) mass is 423 g/mol. The molecule has 1 fully saturated rings. The van der Waals surface area contributed by atoms with Crippen LogP contribution in [0.2, 0.25) is 0 Å². The second-order valence-electron chi connectivity index (χ2n) is 8.22. The largest absolute Gasteiger partial charge is 0.868 e. The predicted octanol–water partition coefficient (Wildman–Crippen LogP) is 6.21. The summed E-state index contributed by atoms with van der Waals surface area (Å²) >= 11 is 0. The van der Waals surface area contributed by atoms with Crippen molar-refractivity contribution in [2.24, 2.45) is 0 Å². The molecule has 0 aromatic heterocycles. The molecule has 0 saturated carbocycles. The minimum Gasteiger partial charge on any atom is -0.868 e. The molecule has 1 saturated heterocycles. The van der Waals surface area contributed by atoms with Crippen molar-refractivity contribution >= 4 is 0 Å². The van der Waals surface area contributed by atoms with Gasteiger partial charge in [0, 0.05) is 0 Å². The van der Waals surface area contributed by atoms with Crippen molar-refractivity contribution in [3.63, 3.8) is 0 Å². The van der Waals surface area contributed by atoms with Gasteiger partial charge in [-0.2, -0.15) is 0 Å². The molecule has 1 aromatic carbocycles. The summed E-state index contributed by atoms with van der Waals surface area (Å²) in [6, 6.07) is 0. The molecule has 0 N–H and O–H groups in total. The van der Waals surface area contributed by atoms with E-state index in [9.17, 15) is 27.1 Å².